The molecule has 0 saturated heterocycles. The van der Waals surface area contributed by atoms with Gasteiger partial charge in [0.05, 0.1) is 12.5 Å². The Kier molecular flexibility index (Phi) is 8.31. The van der Waals surface area contributed by atoms with Crippen molar-refractivity contribution in [1.82, 2.24) is 10.6 Å². The zero-order chi connectivity index (χ0) is 24.7. The van der Waals surface area contributed by atoms with Crippen molar-refractivity contribution in [2.75, 3.05) is 6.54 Å². The minimum atomic E-state index is -0.874. The van der Waals surface area contributed by atoms with Gasteiger partial charge in [-0.2, -0.15) is 0 Å². The first-order valence-electron chi connectivity index (χ1n) is 11.5. The number of aromatic hydroxyl groups is 2. The molecule has 6 heteroatoms. The molecule has 3 rings (SSSR count). The predicted molar refractivity (Wildman–Crippen MR) is 134 cm³/mol. The van der Waals surface area contributed by atoms with Gasteiger partial charge in [0.25, 0.3) is 0 Å². The van der Waals surface area contributed by atoms with Crippen LogP contribution in [0.2, 0.25) is 0 Å². The van der Waals surface area contributed by atoms with Gasteiger partial charge in [0, 0.05) is 24.7 Å². The third-order valence-corrected chi connectivity index (χ3v) is 5.70. The Balaban J connectivity index is 1.52. The monoisotopic (exact) mass is 462 g/mol. The Hall–Kier alpha value is -3.35. The fourth-order valence-corrected chi connectivity index (χ4v) is 3.88. The number of hydrogen-bond acceptors (Lipinski definition) is 5. The van der Waals surface area contributed by atoms with Crippen LogP contribution in [0.25, 0.3) is 0 Å². The number of phenols is 2. The molecular formula is C28H34N2O4. The topological polar surface area (TPSA) is 102 Å². The Morgan fingerprint density at radius 3 is 2.24 bits per heavy atom. The molecule has 0 heterocycles. The summed E-state index contributed by atoms with van der Waals surface area (Å²) in [4.78, 5) is 12.4. The Morgan fingerprint density at radius 2 is 1.56 bits per heavy atom. The van der Waals surface area contributed by atoms with Crippen LogP contribution >= 0.6 is 0 Å². The molecule has 1 atom stereocenters. The molecule has 1 unspecified atom stereocenters. The summed E-state index contributed by atoms with van der Waals surface area (Å²) in [6.45, 7) is 6.89. The number of rotatable bonds is 10. The number of aryl methyl sites for hydroxylation is 1. The number of carbonyl (C=O) groups is 1. The van der Waals surface area contributed by atoms with Gasteiger partial charge in [-0.25, -0.2) is 0 Å². The van der Waals surface area contributed by atoms with E-state index in [4.69, 9.17) is 0 Å². The molecule has 3 aromatic rings. The van der Waals surface area contributed by atoms with Crippen LogP contribution in [0, 0.1) is 6.92 Å². The second kappa shape index (κ2) is 11.2. The first-order chi connectivity index (χ1) is 16.1. The molecule has 6 nitrogen and oxygen atoms in total. The zero-order valence-electron chi connectivity index (χ0n) is 20.0. The molecule has 0 aliphatic heterocycles. The van der Waals surface area contributed by atoms with Crippen molar-refractivity contribution < 1.29 is 20.1 Å². The maximum absolute atomic E-state index is 12.4. The Morgan fingerprint density at radius 1 is 0.912 bits per heavy atom. The molecule has 3 aromatic carbocycles. The van der Waals surface area contributed by atoms with Gasteiger partial charge in [-0.3, -0.25) is 4.79 Å². The molecule has 0 aliphatic carbocycles. The predicted octanol–water partition coefficient (Wildman–Crippen LogP) is 3.91. The quantitative estimate of drug-likeness (QED) is 0.314. The maximum Gasteiger partial charge on any atom is 0.224 e. The molecular weight excluding hydrogens is 428 g/mol. The fraction of sp³-hybridized carbons (Fsp3) is 0.321. The molecule has 1 amide bonds. The van der Waals surface area contributed by atoms with Gasteiger partial charge >= 0.3 is 0 Å². The highest BCUT2D eigenvalue weighted by molar-refractivity contribution is 5.78. The van der Waals surface area contributed by atoms with Crippen LogP contribution in [0.5, 0.6) is 11.5 Å². The average molecular weight is 463 g/mol. The molecule has 0 bridgehead atoms. The van der Waals surface area contributed by atoms with Crippen LogP contribution in [0.15, 0.2) is 66.7 Å². The van der Waals surface area contributed by atoms with Crippen molar-refractivity contribution in [2.24, 2.45) is 0 Å². The minimum Gasteiger partial charge on any atom is -0.508 e. The molecule has 0 radical (unpaired) electrons. The maximum atomic E-state index is 12.4. The number of aliphatic hydroxyl groups is 1. The highest BCUT2D eigenvalue weighted by Gasteiger charge is 2.20. The number of phenolic OH excluding ortho intramolecular Hbond substituents is 2. The first kappa shape index (κ1) is 25.3. The normalized spacial score (nSPS) is 12.4. The van der Waals surface area contributed by atoms with E-state index in [1.54, 1.807) is 0 Å². The molecule has 0 spiro atoms. The van der Waals surface area contributed by atoms with E-state index in [0.717, 1.165) is 16.7 Å². The van der Waals surface area contributed by atoms with E-state index < -0.39 is 6.10 Å². The summed E-state index contributed by atoms with van der Waals surface area (Å²) in [5, 5.41) is 36.1. The zero-order valence-corrected chi connectivity index (χ0v) is 20.0. The number of aliphatic hydroxyl groups excluding tert-OH is 1. The number of nitrogens with one attached hydrogen (secondary N) is 2. The summed E-state index contributed by atoms with van der Waals surface area (Å²) in [6, 6.07) is 20.2. The number of β-amino-alcohol motifs (C(OH)–C–C–N with tert-alkyl or cyclic N) is 1. The van der Waals surface area contributed by atoms with Crippen LogP contribution in [0.3, 0.4) is 0 Å². The lowest BCUT2D eigenvalue weighted by Gasteiger charge is -2.28. The van der Waals surface area contributed by atoms with E-state index in [0.29, 0.717) is 24.9 Å². The first-order valence-corrected chi connectivity index (χ1v) is 11.5. The molecule has 34 heavy (non-hydrogen) atoms. The van der Waals surface area contributed by atoms with E-state index in [9.17, 15) is 20.1 Å². The van der Waals surface area contributed by atoms with Crippen LogP contribution in [-0.2, 0) is 24.2 Å². The number of amides is 1. The van der Waals surface area contributed by atoms with E-state index in [1.807, 2.05) is 69.3 Å². The molecule has 0 aliphatic rings. The van der Waals surface area contributed by atoms with Crippen LogP contribution < -0.4 is 10.6 Å². The summed E-state index contributed by atoms with van der Waals surface area (Å²) in [7, 11) is 0. The number of benzene rings is 3. The van der Waals surface area contributed by atoms with Gasteiger partial charge in [0.15, 0.2) is 0 Å². The summed E-state index contributed by atoms with van der Waals surface area (Å²) in [5.41, 5.74) is 4.42. The van der Waals surface area contributed by atoms with Crippen molar-refractivity contribution >= 4 is 5.91 Å². The Labute approximate surface area is 201 Å². The highest BCUT2D eigenvalue weighted by Crippen LogP contribution is 2.25. The minimum absolute atomic E-state index is 0.0207. The summed E-state index contributed by atoms with van der Waals surface area (Å²) in [6.07, 6.45) is 0.137. The highest BCUT2D eigenvalue weighted by atomic mass is 16.3. The van der Waals surface area contributed by atoms with Crippen molar-refractivity contribution in [2.45, 2.75) is 51.8 Å². The fourth-order valence-electron chi connectivity index (χ4n) is 3.88. The third-order valence-electron chi connectivity index (χ3n) is 5.70. The van der Waals surface area contributed by atoms with Crippen LogP contribution in [0.1, 0.15) is 47.8 Å². The van der Waals surface area contributed by atoms with Crippen molar-refractivity contribution in [3.63, 3.8) is 0 Å². The third kappa shape index (κ3) is 7.90. The van der Waals surface area contributed by atoms with Gasteiger partial charge in [0.1, 0.15) is 11.5 Å². The second-order valence-electron chi connectivity index (χ2n) is 9.50. The Bertz CT molecular complexity index is 1090. The van der Waals surface area contributed by atoms with E-state index >= 15 is 0 Å². The van der Waals surface area contributed by atoms with Crippen LogP contribution in [0.4, 0.5) is 0 Å². The largest absolute Gasteiger partial charge is 0.508 e. The van der Waals surface area contributed by atoms with Crippen molar-refractivity contribution in [3.05, 3.63) is 94.5 Å². The molecule has 0 aromatic heterocycles. The molecule has 5 N–H and O–H groups in total. The van der Waals surface area contributed by atoms with Gasteiger partial charge in [-0.1, -0.05) is 54.1 Å². The van der Waals surface area contributed by atoms with Gasteiger partial charge in [-0.15, -0.1) is 0 Å². The number of carbonyl (C=O) groups excluding carboxylic acids is 1. The molecule has 0 fully saturated rings. The van der Waals surface area contributed by atoms with E-state index in [1.165, 1.54) is 23.8 Å². The smallest absolute Gasteiger partial charge is 0.224 e. The van der Waals surface area contributed by atoms with E-state index in [2.05, 4.69) is 10.6 Å². The van der Waals surface area contributed by atoms with Crippen LogP contribution in [-0.4, -0.2) is 33.3 Å². The van der Waals surface area contributed by atoms with Gasteiger partial charge in [0.2, 0.25) is 5.91 Å². The van der Waals surface area contributed by atoms with E-state index in [-0.39, 0.29) is 29.5 Å². The van der Waals surface area contributed by atoms with Crippen molar-refractivity contribution in [1.29, 1.82) is 0 Å². The summed E-state index contributed by atoms with van der Waals surface area (Å²) in [5.74, 6) is -0.200. The molecule has 180 valence electrons. The SMILES string of the molecule is Cc1ccc(CNC(=O)Cc2cccc(CC(C)(C)NCC(O)c3cc(O)cc(O)c3)c2)cc1. The lowest BCUT2D eigenvalue weighted by Crippen LogP contribution is -2.43. The standard InChI is InChI=1S/C28H34N2O4/c1-19-7-9-20(10-8-19)17-29-27(34)12-21-5-4-6-22(11-21)16-28(2,3)30-18-26(33)23-13-24(31)15-25(32)14-23/h4-11,13-15,26,30-33H,12,16-18H2,1-3H3,(H,29,34). The van der Waals surface area contributed by atoms with Crippen molar-refractivity contribution in [3.8, 4) is 11.5 Å². The lowest BCUT2D eigenvalue weighted by atomic mass is 9.93. The lowest BCUT2D eigenvalue weighted by molar-refractivity contribution is -0.120. The van der Waals surface area contributed by atoms with Gasteiger partial charge < -0.3 is 26.0 Å². The summed E-state index contributed by atoms with van der Waals surface area (Å²) < 4.78 is 0. The second-order valence-corrected chi connectivity index (χ2v) is 9.50. The number of hydrogen-bond donors (Lipinski definition) is 5. The van der Waals surface area contributed by atoms with Gasteiger partial charge in [-0.05, 0) is 61.6 Å². The summed E-state index contributed by atoms with van der Waals surface area (Å²) >= 11 is 0. The average Bonchev–Trinajstić information content (AvgIpc) is 2.76. The molecule has 0 saturated carbocycles.